The zero-order chi connectivity index (χ0) is 17.3. The van der Waals surface area contributed by atoms with Crippen molar-refractivity contribution in [3.8, 4) is 5.75 Å². The van der Waals surface area contributed by atoms with Gasteiger partial charge in [0, 0.05) is 11.1 Å². The average Bonchev–Trinajstić information content (AvgIpc) is 2.57. The van der Waals surface area contributed by atoms with Crippen LogP contribution in [0.15, 0.2) is 51.7 Å². The van der Waals surface area contributed by atoms with Gasteiger partial charge in [-0.05, 0) is 61.4 Å². The van der Waals surface area contributed by atoms with Crippen molar-refractivity contribution in [3.63, 3.8) is 0 Å². The highest BCUT2D eigenvalue weighted by atomic mass is 16.5. The van der Waals surface area contributed by atoms with E-state index in [1.165, 1.54) is 6.07 Å². The maximum absolute atomic E-state index is 12.4. The molecule has 0 atom stereocenters. The van der Waals surface area contributed by atoms with Crippen molar-refractivity contribution in [3.05, 3.63) is 69.6 Å². The number of anilines is 1. The zero-order valence-corrected chi connectivity index (χ0v) is 13.7. The summed E-state index contributed by atoms with van der Waals surface area (Å²) in [6, 6.07) is 12.1. The molecule has 3 rings (SSSR count). The van der Waals surface area contributed by atoms with Crippen molar-refractivity contribution < 1.29 is 13.9 Å². The summed E-state index contributed by atoms with van der Waals surface area (Å²) in [5.41, 5.74) is 2.51. The molecule has 0 fully saturated rings. The molecule has 0 saturated carbocycles. The molecule has 0 aliphatic heterocycles. The van der Waals surface area contributed by atoms with Crippen LogP contribution in [0, 0.1) is 13.8 Å². The molecule has 24 heavy (non-hydrogen) atoms. The van der Waals surface area contributed by atoms with Gasteiger partial charge in [0.15, 0.2) is 0 Å². The molecule has 5 nitrogen and oxygen atoms in total. The number of rotatable bonds is 3. The number of ether oxygens (including phenoxy) is 1. The first-order chi connectivity index (χ1) is 11.5. The number of carbonyl (C=O) groups excluding carboxylic acids is 1. The van der Waals surface area contributed by atoms with Crippen LogP contribution in [-0.2, 0) is 0 Å². The number of amides is 1. The number of fused-ring (bicyclic) bond motifs is 1. The summed E-state index contributed by atoms with van der Waals surface area (Å²) in [6.45, 7) is 3.95. The van der Waals surface area contributed by atoms with Gasteiger partial charge in [-0.2, -0.15) is 0 Å². The molecule has 0 unspecified atom stereocenters. The highest BCUT2D eigenvalue weighted by Gasteiger charge is 2.14. The summed E-state index contributed by atoms with van der Waals surface area (Å²) in [7, 11) is 1.55. The maximum atomic E-state index is 12.4. The number of benzene rings is 2. The van der Waals surface area contributed by atoms with Crippen LogP contribution in [0.25, 0.3) is 11.0 Å². The molecule has 1 N–H and O–H groups in total. The van der Waals surface area contributed by atoms with E-state index in [0.29, 0.717) is 22.4 Å². The van der Waals surface area contributed by atoms with Crippen molar-refractivity contribution in [1.82, 2.24) is 0 Å². The molecule has 1 heterocycles. The quantitative estimate of drug-likeness (QED) is 0.747. The van der Waals surface area contributed by atoms with Crippen LogP contribution in [0.2, 0.25) is 0 Å². The van der Waals surface area contributed by atoms with E-state index in [0.717, 1.165) is 11.1 Å². The van der Waals surface area contributed by atoms with E-state index in [9.17, 15) is 9.59 Å². The van der Waals surface area contributed by atoms with Crippen LogP contribution < -0.4 is 15.7 Å². The van der Waals surface area contributed by atoms with Crippen molar-refractivity contribution >= 4 is 22.6 Å². The summed E-state index contributed by atoms with van der Waals surface area (Å²) in [4.78, 5) is 24.5. The largest absolute Gasteiger partial charge is 0.497 e. The summed E-state index contributed by atoms with van der Waals surface area (Å²) in [5.74, 6) is 0.119. The lowest BCUT2D eigenvalue weighted by atomic mass is 10.1. The van der Waals surface area contributed by atoms with Gasteiger partial charge < -0.3 is 14.5 Å². The van der Waals surface area contributed by atoms with E-state index in [2.05, 4.69) is 5.32 Å². The highest BCUT2D eigenvalue weighted by Crippen LogP contribution is 2.21. The van der Waals surface area contributed by atoms with Gasteiger partial charge in [0.05, 0.1) is 7.11 Å². The van der Waals surface area contributed by atoms with E-state index in [-0.39, 0.29) is 5.56 Å². The minimum atomic E-state index is -0.672. The molecule has 0 aliphatic carbocycles. The van der Waals surface area contributed by atoms with Crippen LogP contribution >= 0.6 is 0 Å². The number of aryl methyl sites for hydroxylation is 2. The third-order valence-electron chi connectivity index (χ3n) is 3.95. The fourth-order valence-electron chi connectivity index (χ4n) is 2.40. The minimum Gasteiger partial charge on any atom is -0.497 e. The van der Waals surface area contributed by atoms with Gasteiger partial charge in [-0.3, -0.25) is 4.79 Å². The molecule has 0 aliphatic rings. The molecular weight excluding hydrogens is 306 g/mol. The Hall–Kier alpha value is -3.08. The molecule has 3 aromatic rings. The Balaban J connectivity index is 1.97. The predicted molar refractivity (Wildman–Crippen MR) is 92.9 cm³/mol. The molecule has 1 aromatic heterocycles. The van der Waals surface area contributed by atoms with E-state index in [1.807, 2.05) is 26.0 Å². The first-order valence-corrected chi connectivity index (χ1v) is 7.48. The van der Waals surface area contributed by atoms with Gasteiger partial charge in [0.25, 0.3) is 5.91 Å². The minimum absolute atomic E-state index is 0.0472. The van der Waals surface area contributed by atoms with Crippen molar-refractivity contribution in [2.75, 3.05) is 12.4 Å². The summed E-state index contributed by atoms with van der Waals surface area (Å²) >= 11 is 0. The maximum Gasteiger partial charge on any atom is 0.349 e. The second-order valence-electron chi connectivity index (χ2n) is 5.60. The molecule has 0 radical (unpaired) electrons. The third-order valence-corrected chi connectivity index (χ3v) is 3.95. The number of methoxy groups -OCH3 is 1. The van der Waals surface area contributed by atoms with Crippen molar-refractivity contribution in [2.45, 2.75) is 13.8 Å². The van der Waals surface area contributed by atoms with Crippen LogP contribution in [0.1, 0.15) is 21.5 Å². The second kappa shape index (κ2) is 6.20. The molecular formula is C19H17NO4. The Labute approximate surface area is 138 Å². The Morgan fingerprint density at radius 1 is 1.04 bits per heavy atom. The Kier molecular flexibility index (Phi) is 4.08. The molecule has 0 bridgehead atoms. The first-order valence-electron chi connectivity index (χ1n) is 7.48. The molecule has 2 aromatic carbocycles. The topological polar surface area (TPSA) is 68.5 Å². The van der Waals surface area contributed by atoms with Crippen LogP contribution in [0.3, 0.4) is 0 Å². The fraction of sp³-hybridized carbons (Fsp3) is 0.158. The van der Waals surface area contributed by atoms with E-state index in [4.69, 9.17) is 9.15 Å². The van der Waals surface area contributed by atoms with Crippen LogP contribution in [0.4, 0.5) is 5.69 Å². The van der Waals surface area contributed by atoms with E-state index < -0.39 is 11.5 Å². The average molecular weight is 323 g/mol. The molecule has 122 valence electrons. The van der Waals surface area contributed by atoms with Gasteiger partial charge in [-0.15, -0.1) is 0 Å². The van der Waals surface area contributed by atoms with Crippen LogP contribution in [-0.4, -0.2) is 13.0 Å². The Bertz CT molecular complexity index is 988. The monoisotopic (exact) mass is 323 g/mol. The number of hydrogen-bond acceptors (Lipinski definition) is 4. The smallest absolute Gasteiger partial charge is 0.349 e. The van der Waals surface area contributed by atoms with Gasteiger partial charge in [-0.25, -0.2) is 4.79 Å². The predicted octanol–water partition coefficient (Wildman–Crippen LogP) is 3.67. The number of hydrogen-bond donors (Lipinski definition) is 1. The molecule has 1 amide bonds. The lowest BCUT2D eigenvalue weighted by Crippen LogP contribution is -2.20. The van der Waals surface area contributed by atoms with Gasteiger partial charge in [0.2, 0.25) is 0 Å². The summed E-state index contributed by atoms with van der Waals surface area (Å²) < 4.78 is 10.4. The van der Waals surface area contributed by atoms with E-state index >= 15 is 0 Å². The van der Waals surface area contributed by atoms with Gasteiger partial charge in [-0.1, -0.05) is 6.07 Å². The second-order valence-corrected chi connectivity index (χ2v) is 5.60. The van der Waals surface area contributed by atoms with E-state index in [1.54, 1.807) is 31.4 Å². The number of carbonyl (C=O) groups is 1. The number of nitrogens with one attached hydrogen (secondary N) is 1. The van der Waals surface area contributed by atoms with Gasteiger partial charge in [0.1, 0.15) is 16.9 Å². The standard InChI is InChI=1S/C19H17NO4/c1-11-4-5-14(8-12(11)2)20-18(21)16-10-13-9-15(23-3)6-7-17(13)24-19(16)22/h4-10H,1-3H3,(H,20,21). The lowest BCUT2D eigenvalue weighted by Gasteiger charge is -2.08. The van der Waals surface area contributed by atoms with Crippen molar-refractivity contribution in [2.24, 2.45) is 0 Å². The lowest BCUT2D eigenvalue weighted by molar-refractivity contribution is 0.102. The summed E-state index contributed by atoms with van der Waals surface area (Å²) in [5, 5.41) is 3.35. The SMILES string of the molecule is COc1ccc2oc(=O)c(C(=O)Nc3ccc(C)c(C)c3)cc2c1. The third kappa shape index (κ3) is 3.01. The van der Waals surface area contributed by atoms with Crippen LogP contribution in [0.5, 0.6) is 5.75 Å². The normalized spacial score (nSPS) is 10.6. The molecule has 5 heteroatoms. The molecule has 0 saturated heterocycles. The Morgan fingerprint density at radius 3 is 2.54 bits per heavy atom. The molecule has 0 spiro atoms. The highest BCUT2D eigenvalue weighted by molar-refractivity contribution is 6.05. The fourth-order valence-corrected chi connectivity index (χ4v) is 2.40. The van der Waals surface area contributed by atoms with Gasteiger partial charge >= 0.3 is 5.63 Å². The Morgan fingerprint density at radius 2 is 1.83 bits per heavy atom. The summed E-state index contributed by atoms with van der Waals surface area (Å²) in [6.07, 6.45) is 0. The zero-order valence-electron chi connectivity index (χ0n) is 13.7. The van der Waals surface area contributed by atoms with Crippen molar-refractivity contribution in [1.29, 1.82) is 0 Å². The first kappa shape index (κ1) is 15.8.